The normalized spacial score (nSPS) is 13.8. The molecule has 0 aliphatic carbocycles. The maximum atomic E-state index is 12.2. The summed E-state index contributed by atoms with van der Waals surface area (Å²) in [6.45, 7) is 6.48. The average Bonchev–Trinajstić information content (AvgIpc) is 2.29. The van der Waals surface area contributed by atoms with Crippen molar-refractivity contribution >= 4 is 11.8 Å². The van der Waals surface area contributed by atoms with Gasteiger partial charge in [-0.1, -0.05) is 43.7 Å². The Morgan fingerprint density at radius 1 is 1.16 bits per heavy atom. The quantitative estimate of drug-likeness (QED) is 0.835. The lowest BCUT2D eigenvalue weighted by Crippen LogP contribution is -2.36. The van der Waals surface area contributed by atoms with Crippen molar-refractivity contribution in [2.75, 3.05) is 5.75 Å². The number of aryl methyl sites for hydroxylation is 1. The third-order valence-corrected chi connectivity index (χ3v) is 3.77. The Morgan fingerprint density at radius 3 is 2.21 bits per heavy atom. The third kappa shape index (κ3) is 6.87. The maximum Gasteiger partial charge on any atom is 0.441 e. The number of halogens is 3. The number of hydrogen-bond acceptors (Lipinski definition) is 2. The second-order valence-corrected chi connectivity index (χ2v) is 6.06. The average molecular weight is 291 g/mol. The van der Waals surface area contributed by atoms with Crippen molar-refractivity contribution in [3.63, 3.8) is 0 Å². The van der Waals surface area contributed by atoms with Crippen molar-refractivity contribution < 1.29 is 13.2 Å². The molecule has 0 bridgehead atoms. The molecule has 0 aliphatic heterocycles. The van der Waals surface area contributed by atoms with E-state index in [4.69, 9.17) is 0 Å². The third-order valence-electron chi connectivity index (χ3n) is 2.92. The van der Waals surface area contributed by atoms with E-state index in [1.807, 2.05) is 45.0 Å². The molecule has 19 heavy (non-hydrogen) atoms. The van der Waals surface area contributed by atoms with Crippen molar-refractivity contribution in [1.82, 2.24) is 5.32 Å². The first-order valence-corrected chi connectivity index (χ1v) is 7.26. The Kier molecular flexibility index (Phi) is 6.20. The molecule has 1 aromatic rings. The van der Waals surface area contributed by atoms with Gasteiger partial charge in [0.2, 0.25) is 0 Å². The standard InChI is InChI=1S/C14H20F3NS/c1-10(2)13(9-19-14(15,16)17)18-8-12-6-4-11(3)5-7-12/h4-7,10,13,18H,8-9H2,1-3H3. The summed E-state index contributed by atoms with van der Waals surface area (Å²) in [7, 11) is 0. The lowest BCUT2D eigenvalue weighted by atomic mass is 10.1. The first kappa shape index (κ1) is 16.4. The van der Waals surface area contributed by atoms with Gasteiger partial charge in [0.25, 0.3) is 0 Å². The van der Waals surface area contributed by atoms with Gasteiger partial charge in [0.05, 0.1) is 0 Å². The van der Waals surface area contributed by atoms with Crippen molar-refractivity contribution in [2.24, 2.45) is 5.92 Å². The molecule has 0 aliphatic rings. The van der Waals surface area contributed by atoms with Gasteiger partial charge in [-0.05, 0) is 30.2 Å². The van der Waals surface area contributed by atoms with Gasteiger partial charge in [0.15, 0.2) is 0 Å². The second-order valence-electron chi connectivity index (χ2n) is 4.97. The Morgan fingerprint density at radius 2 is 1.74 bits per heavy atom. The predicted molar refractivity (Wildman–Crippen MR) is 75.2 cm³/mol. The molecule has 1 unspecified atom stereocenters. The number of thioether (sulfide) groups is 1. The minimum Gasteiger partial charge on any atom is -0.309 e. The van der Waals surface area contributed by atoms with Gasteiger partial charge in [-0.3, -0.25) is 0 Å². The van der Waals surface area contributed by atoms with Gasteiger partial charge in [-0.2, -0.15) is 13.2 Å². The molecule has 1 atom stereocenters. The summed E-state index contributed by atoms with van der Waals surface area (Å²) in [4.78, 5) is 0. The Hall–Kier alpha value is -0.680. The summed E-state index contributed by atoms with van der Waals surface area (Å²) in [6.07, 6.45) is 0. The molecule has 0 aromatic heterocycles. The molecule has 1 N–H and O–H groups in total. The zero-order chi connectivity index (χ0) is 14.5. The highest BCUT2D eigenvalue weighted by molar-refractivity contribution is 8.00. The Balaban J connectivity index is 2.47. The van der Waals surface area contributed by atoms with E-state index < -0.39 is 5.51 Å². The van der Waals surface area contributed by atoms with Crippen LogP contribution in [-0.2, 0) is 6.54 Å². The molecule has 0 heterocycles. The molecule has 0 radical (unpaired) electrons. The molecule has 1 rings (SSSR count). The Bertz CT molecular complexity index is 373. The number of alkyl halides is 3. The van der Waals surface area contributed by atoms with E-state index in [2.05, 4.69) is 5.32 Å². The van der Waals surface area contributed by atoms with Gasteiger partial charge in [0.1, 0.15) is 0 Å². The zero-order valence-electron chi connectivity index (χ0n) is 11.4. The number of rotatable bonds is 6. The first-order valence-electron chi connectivity index (χ1n) is 6.27. The van der Waals surface area contributed by atoms with Crippen LogP contribution in [0.2, 0.25) is 0 Å². The van der Waals surface area contributed by atoms with Gasteiger partial charge >= 0.3 is 5.51 Å². The number of hydrogen-bond donors (Lipinski definition) is 1. The van der Waals surface area contributed by atoms with Gasteiger partial charge in [-0.25, -0.2) is 0 Å². The van der Waals surface area contributed by atoms with E-state index in [1.165, 1.54) is 5.56 Å². The van der Waals surface area contributed by atoms with Crippen LogP contribution in [0.4, 0.5) is 13.2 Å². The highest BCUT2D eigenvalue weighted by atomic mass is 32.2. The molecule has 0 amide bonds. The van der Waals surface area contributed by atoms with E-state index in [-0.39, 0.29) is 29.5 Å². The highest BCUT2D eigenvalue weighted by Gasteiger charge is 2.30. The molecule has 1 nitrogen and oxygen atoms in total. The maximum absolute atomic E-state index is 12.2. The van der Waals surface area contributed by atoms with Crippen LogP contribution in [0.3, 0.4) is 0 Å². The molecule has 0 spiro atoms. The minimum absolute atomic E-state index is 0.0451. The van der Waals surface area contributed by atoms with Crippen LogP contribution in [0.15, 0.2) is 24.3 Å². The summed E-state index contributed by atoms with van der Waals surface area (Å²) in [6, 6.07) is 7.86. The van der Waals surface area contributed by atoms with Gasteiger partial charge in [0, 0.05) is 18.3 Å². The van der Waals surface area contributed by atoms with Gasteiger partial charge in [-0.15, -0.1) is 0 Å². The fourth-order valence-electron chi connectivity index (χ4n) is 1.63. The summed E-state index contributed by atoms with van der Waals surface area (Å²) < 4.78 is 36.7. The molecule has 0 saturated heterocycles. The molecule has 0 fully saturated rings. The van der Waals surface area contributed by atoms with Crippen molar-refractivity contribution in [1.29, 1.82) is 0 Å². The van der Waals surface area contributed by atoms with Crippen molar-refractivity contribution in [3.05, 3.63) is 35.4 Å². The largest absolute Gasteiger partial charge is 0.441 e. The van der Waals surface area contributed by atoms with E-state index in [0.29, 0.717) is 6.54 Å². The molecule has 108 valence electrons. The monoisotopic (exact) mass is 291 g/mol. The summed E-state index contributed by atoms with van der Waals surface area (Å²) >= 11 is 0.0451. The first-order chi connectivity index (χ1) is 8.78. The van der Waals surface area contributed by atoms with E-state index in [1.54, 1.807) is 0 Å². The molecule has 1 aromatic carbocycles. The topological polar surface area (TPSA) is 12.0 Å². The van der Waals surface area contributed by atoms with Crippen molar-refractivity contribution in [3.8, 4) is 0 Å². The second kappa shape index (κ2) is 7.20. The van der Waals surface area contributed by atoms with Crippen LogP contribution in [0.1, 0.15) is 25.0 Å². The SMILES string of the molecule is Cc1ccc(CNC(CSC(F)(F)F)C(C)C)cc1. The fraction of sp³-hybridized carbons (Fsp3) is 0.571. The van der Waals surface area contributed by atoms with Crippen LogP contribution in [0.25, 0.3) is 0 Å². The van der Waals surface area contributed by atoms with E-state index >= 15 is 0 Å². The minimum atomic E-state index is -4.15. The van der Waals surface area contributed by atoms with E-state index in [0.717, 1.165) is 5.56 Å². The zero-order valence-corrected chi connectivity index (χ0v) is 12.2. The van der Waals surface area contributed by atoms with Crippen LogP contribution in [0.5, 0.6) is 0 Å². The van der Waals surface area contributed by atoms with E-state index in [9.17, 15) is 13.2 Å². The van der Waals surface area contributed by atoms with Crippen LogP contribution in [-0.4, -0.2) is 17.3 Å². The van der Waals surface area contributed by atoms with Crippen LogP contribution >= 0.6 is 11.8 Å². The van der Waals surface area contributed by atoms with Gasteiger partial charge < -0.3 is 5.32 Å². The smallest absolute Gasteiger partial charge is 0.309 e. The summed E-state index contributed by atoms with van der Waals surface area (Å²) in [5.41, 5.74) is -1.89. The molecule has 5 heteroatoms. The molecule has 0 saturated carbocycles. The number of benzene rings is 1. The lowest BCUT2D eigenvalue weighted by Gasteiger charge is -2.22. The summed E-state index contributed by atoms with van der Waals surface area (Å²) in [5, 5.41) is 3.21. The predicted octanol–water partition coefficient (Wildman–Crippen LogP) is 4.36. The fourth-order valence-corrected chi connectivity index (χ4v) is 2.50. The van der Waals surface area contributed by atoms with Crippen LogP contribution in [0, 0.1) is 12.8 Å². The molecular weight excluding hydrogens is 271 g/mol. The Labute approximate surface area is 117 Å². The number of nitrogens with one attached hydrogen (secondary N) is 1. The lowest BCUT2D eigenvalue weighted by molar-refractivity contribution is -0.0329. The van der Waals surface area contributed by atoms with Crippen molar-refractivity contribution in [2.45, 2.75) is 38.9 Å². The molecular formula is C14H20F3NS. The summed E-state index contributed by atoms with van der Waals surface area (Å²) in [5.74, 6) is 0.216. The van der Waals surface area contributed by atoms with Crippen LogP contribution < -0.4 is 5.32 Å². The highest BCUT2D eigenvalue weighted by Crippen LogP contribution is 2.31.